The van der Waals surface area contributed by atoms with Gasteiger partial charge in [-0.15, -0.1) is 0 Å². The van der Waals surface area contributed by atoms with Crippen molar-refractivity contribution in [2.24, 2.45) is 0 Å². The Labute approximate surface area is 336 Å². The maximum Gasteiger partial charge on any atom is 0.238 e. The molecule has 6 heteroatoms. The topological polar surface area (TPSA) is 69.4 Å². The highest BCUT2D eigenvalue weighted by molar-refractivity contribution is 6.13. The standard InChI is InChI=1S/C52H36N6/c1-52(2)42-27-14-12-25-38(42)40-29-30-41-39-26-13-15-28-45(39)58(47(41)46(40)52)51-56-49(35-21-10-5-11-22-35)55-50(57-51)37-24-16-23-36(31-37)44-32-43(33-17-6-3-7-18-33)53-48(54-44)34-19-8-4-9-20-34/h3-32H,1-2H3. The van der Waals surface area contributed by atoms with Crippen LogP contribution in [0, 0.1) is 0 Å². The summed E-state index contributed by atoms with van der Waals surface area (Å²) in [6.45, 7) is 4.66. The van der Waals surface area contributed by atoms with E-state index in [2.05, 4.69) is 134 Å². The minimum absolute atomic E-state index is 0.251. The number of aromatic nitrogens is 6. The summed E-state index contributed by atoms with van der Waals surface area (Å²) in [5.74, 6) is 2.42. The van der Waals surface area contributed by atoms with Gasteiger partial charge < -0.3 is 0 Å². The Morgan fingerprint density at radius 1 is 0.397 bits per heavy atom. The third-order valence-electron chi connectivity index (χ3n) is 11.5. The number of benzene rings is 7. The SMILES string of the molecule is CC1(C)c2ccccc2-c2ccc3c4ccccc4n(-c4nc(-c5ccccc5)nc(-c5cccc(-c6cc(-c7ccccc7)nc(-c7ccccc7)n6)c5)n4)c3c21. The summed E-state index contributed by atoms with van der Waals surface area (Å²) < 4.78 is 2.27. The lowest BCUT2D eigenvalue weighted by Gasteiger charge is -2.23. The van der Waals surface area contributed by atoms with E-state index in [1.165, 1.54) is 27.6 Å². The van der Waals surface area contributed by atoms with Crippen molar-refractivity contribution < 1.29 is 0 Å². The molecular weight excluding hydrogens is 709 g/mol. The van der Waals surface area contributed by atoms with E-state index in [-0.39, 0.29) is 5.41 Å². The molecule has 3 heterocycles. The van der Waals surface area contributed by atoms with Crippen molar-refractivity contribution in [3.8, 4) is 73.8 Å². The van der Waals surface area contributed by atoms with Crippen LogP contribution in [-0.4, -0.2) is 29.5 Å². The van der Waals surface area contributed by atoms with Crippen LogP contribution >= 0.6 is 0 Å². The Morgan fingerprint density at radius 2 is 0.948 bits per heavy atom. The number of hydrogen-bond acceptors (Lipinski definition) is 5. The van der Waals surface area contributed by atoms with Gasteiger partial charge in [0.25, 0.3) is 0 Å². The van der Waals surface area contributed by atoms with Gasteiger partial charge in [-0.2, -0.15) is 9.97 Å². The Morgan fingerprint density at radius 3 is 1.67 bits per heavy atom. The van der Waals surface area contributed by atoms with E-state index in [0.29, 0.717) is 23.4 Å². The van der Waals surface area contributed by atoms with Crippen LogP contribution < -0.4 is 0 Å². The summed E-state index contributed by atoms with van der Waals surface area (Å²) in [6.07, 6.45) is 0. The second-order valence-corrected chi connectivity index (χ2v) is 15.3. The molecule has 7 aromatic carbocycles. The lowest BCUT2D eigenvalue weighted by Crippen LogP contribution is -2.17. The maximum atomic E-state index is 5.37. The third kappa shape index (κ3) is 5.45. The molecule has 3 aromatic heterocycles. The van der Waals surface area contributed by atoms with Gasteiger partial charge >= 0.3 is 0 Å². The average Bonchev–Trinajstić information content (AvgIpc) is 3.75. The van der Waals surface area contributed by atoms with Crippen LogP contribution in [0.5, 0.6) is 0 Å². The number of rotatable bonds is 6. The molecule has 0 amide bonds. The first kappa shape index (κ1) is 33.7. The number of fused-ring (bicyclic) bond motifs is 7. The number of nitrogens with zero attached hydrogens (tertiary/aromatic N) is 6. The zero-order valence-corrected chi connectivity index (χ0v) is 32.0. The summed E-state index contributed by atoms with van der Waals surface area (Å²) in [7, 11) is 0. The molecule has 58 heavy (non-hydrogen) atoms. The lowest BCUT2D eigenvalue weighted by molar-refractivity contribution is 0.663. The van der Waals surface area contributed by atoms with Gasteiger partial charge in [0.1, 0.15) is 0 Å². The van der Waals surface area contributed by atoms with Crippen molar-refractivity contribution in [2.45, 2.75) is 19.3 Å². The smallest absolute Gasteiger partial charge is 0.238 e. The quantitative estimate of drug-likeness (QED) is 0.170. The molecule has 1 aliphatic rings. The average molecular weight is 745 g/mol. The van der Waals surface area contributed by atoms with Gasteiger partial charge in [0.15, 0.2) is 17.5 Å². The van der Waals surface area contributed by atoms with Gasteiger partial charge in [0, 0.05) is 44.0 Å². The monoisotopic (exact) mass is 744 g/mol. The fourth-order valence-electron chi connectivity index (χ4n) is 8.72. The predicted molar refractivity (Wildman–Crippen MR) is 234 cm³/mol. The molecule has 0 spiro atoms. The Kier molecular flexibility index (Phi) is 7.73. The molecule has 0 saturated heterocycles. The molecule has 0 radical (unpaired) electrons. The Bertz CT molecular complexity index is 3130. The van der Waals surface area contributed by atoms with Crippen LogP contribution in [0.15, 0.2) is 182 Å². The molecule has 1 aliphatic carbocycles. The summed E-state index contributed by atoms with van der Waals surface area (Å²) in [6, 6.07) is 62.9. The second-order valence-electron chi connectivity index (χ2n) is 15.3. The Hall–Kier alpha value is -7.57. The molecule has 10 aromatic rings. The van der Waals surface area contributed by atoms with E-state index in [9.17, 15) is 0 Å². The highest BCUT2D eigenvalue weighted by atomic mass is 15.2. The van der Waals surface area contributed by atoms with Crippen molar-refractivity contribution in [3.05, 3.63) is 193 Å². The van der Waals surface area contributed by atoms with Crippen molar-refractivity contribution in [1.29, 1.82) is 0 Å². The molecule has 0 saturated carbocycles. The number of para-hydroxylation sites is 1. The summed E-state index contributed by atoms with van der Waals surface area (Å²) in [5.41, 5.74) is 13.4. The van der Waals surface area contributed by atoms with E-state index in [4.69, 9.17) is 24.9 Å². The van der Waals surface area contributed by atoms with E-state index in [0.717, 1.165) is 55.6 Å². The van der Waals surface area contributed by atoms with Crippen molar-refractivity contribution in [2.75, 3.05) is 0 Å². The molecule has 0 bridgehead atoms. The van der Waals surface area contributed by atoms with Gasteiger partial charge in [0.2, 0.25) is 5.95 Å². The zero-order valence-electron chi connectivity index (χ0n) is 32.0. The van der Waals surface area contributed by atoms with E-state index < -0.39 is 0 Å². The van der Waals surface area contributed by atoms with Crippen molar-refractivity contribution in [3.63, 3.8) is 0 Å². The van der Waals surface area contributed by atoms with Crippen LogP contribution in [0.1, 0.15) is 25.0 Å². The maximum absolute atomic E-state index is 5.37. The van der Waals surface area contributed by atoms with E-state index >= 15 is 0 Å². The molecule has 6 nitrogen and oxygen atoms in total. The molecular formula is C52H36N6. The molecule has 274 valence electrons. The lowest BCUT2D eigenvalue weighted by atomic mass is 9.81. The summed E-state index contributed by atoms with van der Waals surface area (Å²) >= 11 is 0. The largest absolute Gasteiger partial charge is 0.277 e. The number of hydrogen-bond donors (Lipinski definition) is 0. The van der Waals surface area contributed by atoms with Crippen LogP contribution in [-0.2, 0) is 5.41 Å². The highest BCUT2D eigenvalue weighted by Crippen LogP contribution is 2.52. The van der Waals surface area contributed by atoms with E-state index in [1.807, 2.05) is 66.7 Å². The first-order valence-electron chi connectivity index (χ1n) is 19.6. The van der Waals surface area contributed by atoms with Crippen LogP contribution in [0.3, 0.4) is 0 Å². The van der Waals surface area contributed by atoms with Gasteiger partial charge in [-0.1, -0.05) is 178 Å². The normalized spacial score (nSPS) is 12.8. The van der Waals surface area contributed by atoms with Gasteiger partial charge in [-0.05, 0) is 40.5 Å². The van der Waals surface area contributed by atoms with E-state index in [1.54, 1.807) is 0 Å². The van der Waals surface area contributed by atoms with Gasteiger partial charge in [-0.3, -0.25) is 4.57 Å². The van der Waals surface area contributed by atoms with Crippen molar-refractivity contribution >= 4 is 21.8 Å². The van der Waals surface area contributed by atoms with Crippen LogP contribution in [0.2, 0.25) is 0 Å². The molecule has 0 N–H and O–H groups in total. The Balaban J connectivity index is 1.14. The molecule has 0 unspecified atom stereocenters. The highest BCUT2D eigenvalue weighted by Gasteiger charge is 2.38. The van der Waals surface area contributed by atoms with Gasteiger partial charge in [0.05, 0.1) is 22.4 Å². The first-order chi connectivity index (χ1) is 28.5. The van der Waals surface area contributed by atoms with Crippen LogP contribution in [0.4, 0.5) is 0 Å². The minimum atomic E-state index is -0.251. The molecule has 0 aliphatic heterocycles. The zero-order chi connectivity index (χ0) is 38.8. The fourth-order valence-corrected chi connectivity index (χ4v) is 8.72. The molecule has 0 atom stereocenters. The second kappa shape index (κ2) is 13.3. The third-order valence-corrected chi connectivity index (χ3v) is 11.5. The first-order valence-corrected chi connectivity index (χ1v) is 19.6. The van der Waals surface area contributed by atoms with Crippen molar-refractivity contribution in [1.82, 2.24) is 29.5 Å². The van der Waals surface area contributed by atoms with Crippen LogP contribution in [0.25, 0.3) is 95.6 Å². The minimum Gasteiger partial charge on any atom is -0.277 e. The fraction of sp³-hybridized carbons (Fsp3) is 0.0577. The predicted octanol–water partition coefficient (Wildman–Crippen LogP) is 12.4. The molecule has 0 fully saturated rings. The summed E-state index contributed by atoms with van der Waals surface area (Å²) in [5, 5.41) is 2.33. The molecule has 11 rings (SSSR count). The van der Waals surface area contributed by atoms with Gasteiger partial charge in [-0.25, -0.2) is 15.0 Å². The summed E-state index contributed by atoms with van der Waals surface area (Å²) in [4.78, 5) is 26.0.